The third-order valence-electron chi connectivity index (χ3n) is 7.76. The van der Waals surface area contributed by atoms with Gasteiger partial charge in [-0.25, -0.2) is 0 Å². The Morgan fingerprint density at radius 3 is 2.29 bits per heavy atom. The zero-order chi connectivity index (χ0) is 15.4. The van der Waals surface area contributed by atoms with Gasteiger partial charge in [0.2, 0.25) is 0 Å². The first-order valence-corrected chi connectivity index (χ1v) is 9.94. The van der Waals surface area contributed by atoms with Crippen molar-refractivity contribution < 1.29 is 0 Å². The highest BCUT2D eigenvalue weighted by molar-refractivity contribution is 6.15. The summed E-state index contributed by atoms with van der Waals surface area (Å²) in [4.78, 5) is 0. The molecule has 3 aromatic rings. The van der Waals surface area contributed by atoms with Crippen molar-refractivity contribution in [1.82, 2.24) is 0 Å². The van der Waals surface area contributed by atoms with Crippen molar-refractivity contribution in [1.29, 1.82) is 0 Å². The molecule has 0 heteroatoms. The van der Waals surface area contributed by atoms with Crippen LogP contribution in [0.25, 0.3) is 27.6 Å². The maximum atomic E-state index is 2.54. The van der Waals surface area contributed by atoms with Crippen molar-refractivity contribution in [2.24, 2.45) is 0 Å². The van der Waals surface area contributed by atoms with Gasteiger partial charge in [0.15, 0.2) is 0 Å². The maximum Gasteiger partial charge on any atom is -0.00242 e. The topological polar surface area (TPSA) is 0 Å². The van der Waals surface area contributed by atoms with Crippen molar-refractivity contribution in [3.05, 3.63) is 51.7 Å². The lowest BCUT2D eigenvalue weighted by Crippen LogP contribution is -2.28. The first-order chi connectivity index (χ1) is 11.9. The van der Waals surface area contributed by atoms with Crippen molar-refractivity contribution in [2.45, 2.75) is 62.7 Å². The monoisotopic (exact) mass is 310 g/mol. The maximum absolute atomic E-state index is 2.54. The van der Waals surface area contributed by atoms with Gasteiger partial charge in [-0.15, -0.1) is 0 Å². The van der Waals surface area contributed by atoms with Gasteiger partial charge in [-0.3, -0.25) is 0 Å². The Morgan fingerprint density at radius 2 is 1.38 bits per heavy atom. The van der Waals surface area contributed by atoms with Crippen LogP contribution in [0.4, 0.5) is 0 Å². The summed E-state index contributed by atoms with van der Waals surface area (Å²) in [5, 5.41) is 7.99. The van der Waals surface area contributed by atoms with Crippen molar-refractivity contribution >= 4 is 27.6 Å². The summed E-state index contributed by atoms with van der Waals surface area (Å²) in [5.74, 6) is 2.52. The number of hydrogen-bond donors (Lipinski definition) is 0. The molecule has 0 aromatic heterocycles. The molecule has 0 saturated carbocycles. The zero-order valence-electron chi connectivity index (χ0n) is 14.1. The molecule has 3 aromatic carbocycles. The third kappa shape index (κ3) is 1.28. The average molecular weight is 310 g/mol. The Hall–Kier alpha value is -1.82. The van der Waals surface area contributed by atoms with E-state index in [1.54, 1.807) is 27.3 Å². The second kappa shape index (κ2) is 4.04. The molecule has 0 amide bonds. The lowest BCUT2D eigenvalue weighted by atomic mass is 9.60. The molecule has 7 rings (SSSR count). The fourth-order valence-corrected chi connectivity index (χ4v) is 6.81. The molecule has 0 saturated heterocycles. The lowest BCUT2D eigenvalue weighted by Gasteiger charge is -2.43. The van der Waals surface area contributed by atoms with Crippen LogP contribution in [-0.2, 0) is 6.42 Å². The number of aryl methyl sites for hydroxylation is 1. The summed E-state index contributed by atoms with van der Waals surface area (Å²) in [6.45, 7) is 0. The molecular formula is C24H22. The Balaban J connectivity index is 1.85. The molecule has 4 aliphatic rings. The van der Waals surface area contributed by atoms with E-state index in [9.17, 15) is 0 Å². The molecule has 3 unspecified atom stereocenters. The third-order valence-corrected chi connectivity index (χ3v) is 7.76. The van der Waals surface area contributed by atoms with E-state index in [-0.39, 0.29) is 0 Å². The van der Waals surface area contributed by atoms with Gasteiger partial charge in [-0.05, 0) is 112 Å². The summed E-state index contributed by atoms with van der Waals surface area (Å²) in [6, 6.07) is 9.61. The highest BCUT2D eigenvalue weighted by atomic mass is 14.4. The molecule has 24 heavy (non-hydrogen) atoms. The Kier molecular flexibility index (Phi) is 2.11. The number of benzene rings is 3. The molecule has 0 aliphatic heterocycles. The van der Waals surface area contributed by atoms with E-state index in [4.69, 9.17) is 0 Å². The minimum Gasteiger partial charge on any atom is -0.0760 e. The normalized spacial score (nSPS) is 29.2. The molecule has 0 heterocycles. The van der Waals surface area contributed by atoms with E-state index in [0.717, 1.165) is 17.8 Å². The van der Waals surface area contributed by atoms with Gasteiger partial charge < -0.3 is 0 Å². The first kappa shape index (κ1) is 12.5. The van der Waals surface area contributed by atoms with Gasteiger partial charge in [-0.2, -0.15) is 0 Å². The summed E-state index contributed by atoms with van der Waals surface area (Å²) in [7, 11) is 0. The first-order valence-electron chi connectivity index (χ1n) is 9.94. The smallest absolute Gasteiger partial charge is 0.00242 e. The average Bonchev–Trinajstić information content (AvgIpc) is 2.65. The highest BCUT2D eigenvalue weighted by Crippen LogP contribution is 2.57. The molecule has 0 fully saturated rings. The van der Waals surface area contributed by atoms with E-state index in [0.29, 0.717) is 0 Å². The van der Waals surface area contributed by atoms with Gasteiger partial charge in [-0.1, -0.05) is 30.3 Å². The molecule has 0 spiro atoms. The van der Waals surface area contributed by atoms with E-state index < -0.39 is 0 Å². The molecule has 4 aliphatic carbocycles. The molecule has 3 atom stereocenters. The molecule has 0 N–H and O–H groups in total. The Bertz CT molecular complexity index is 1100. The molecule has 118 valence electrons. The Morgan fingerprint density at radius 1 is 0.625 bits per heavy atom. The van der Waals surface area contributed by atoms with Crippen molar-refractivity contribution in [3.8, 4) is 0 Å². The molecule has 0 nitrogen and oxygen atoms in total. The van der Waals surface area contributed by atoms with Gasteiger partial charge in [0.1, 0.15) is 0 Å². The summed E-state index contributed by atoms with van der Waals surface area (Å²) >= 11 is 0. The SMILES string of the molecule is C1=c2ccc3ccc4c5c6c7c(c2c35)C(C1)CCC7CCC6CC4. The van der Waals surface area contributed by atoms with Crippen LogP contribution in [0.3, 0.4) is 0 Å². The van der Waals surface area contributed by atoms with Gasteiger partial charge in [0, 0.05) is 0 Å². The van der Waals surface area contributed by atoms with Crippen molar-refractivity contribution in [3.63, 3.8) is 0 Å². The fourth-order valence-electron chi connectivity index (χ4n) is 6.81. The van der Waals surface area contributed by atoms with Gasteiger partial charge in [0.25, 0.3) is 0 Å². The summed E-state index contributed by atoms with van der Waals surface area (Å²) in [6.07, 6.45) is 12.3. The summed E-state index contributed by atoms with van der Waals surface area (Å²) in [5.41, 5.74) is 7.12. The minimum atomic E-state index is 0.805. The number of hydrogen-bond acceptors (Lipinski definition) is 0. The van der Waals surface area contributed by atoms with Gasteiger partial charge >= 0.3 is 0 Å². The number of rotatable bonds is 0. The molecule has 0 bridgehead atoms. The van der Waals surface area contributed by atoms with Crippen LogP contribution in [0.15, 0.2) is 24.3 Å². The second-order valence-electron chi connectivity index (χ2n) is 8.69. The van der Waals surface area contributed by atoms with Gasteiger partial charge in [0.05, 0.1) is 0 Å². The predicted octanol–water partition coefficient (Wildman–Crippen LogP) is 5.68. The molecular weight excluding hydrogens is 288 g/mol. The largest absolute Gasteiger partial charge is 0.0760 e. The minimum absolute atomic E-state index is 0.805. The van der Waals surface area contributed by atoms with E-state index >= 15 is 0 Å². The lowest BCUT2D eigenvalue weighted by molar-refractivity contribution is 0.399. The van der Waals surface area contributed by atoms with Crippen LogP contribution in [0, 0.1) is 0 Å². The van der Waals surface area contributed by atoms with Crippen LogP contribution in [-0.4, -0.2) is 0 Å². The predicted molar refractivity (Wildman–Crippen MR) is 101 cm³/mol. The van der Waals surface area contributed by atoms with E-state index in [2.05, 4.69) is 30.3 Å². The van der Waals surface area contributed by atoms with Crippen LogP contribution in [0.5, 0.6) is 0 Å². The van der Waals surface area contributed by atoms with Crippen LogP contribution in [0.2, 0.25) is 0 Å². The van der Waals surface area contributed by atoms with Crippen molar-refractivity contribution in [2.75, 3.05) is 0 Å². The van der Waals surface area contributed by atoms with Crippen LogP contribution in [0.1, 0.15) is 78.5 Å². The standard InChI is InChI=1S/C24H22/c1-2-14-5-6-16-9-11-18-12-10-17-8-7-15-4-3-13(1)19-20(14)22(16)24(18)23(17)21(15)19/h1-5,16-18H,6-12H2. The summed E-state index contributed by atoms with van der Waals surface area (Å²) < 4.78 is 0. The second-order valence-corrected chi connectivity index (χ2v) is 8.69. The van der Waals surface area contributed by atoms with E-state index in [1.807, 2.05) is 11.1 Å². The van der Waals surface area contributed by atoms with Crippen LogP contribution < -0.4 is 5.22 Å². The van der Waals surface area contributed by atoms with Crippen LogP contribution >= 0.6 is 0 Å². The molecule has 0 radical (unpaired) electrons. The fraction of sp³-hybridized carbons (Fsp3) is 0.417. The zero-order valence-corrected chi connectivity index (χ0v) is 14.1. The highest BCUT2D eigenvalue weighted by Gasteiger charge is 2.40. The van der Waals surface area contributed by atoms with E-state index in [1.165, 1.54) is 55.6 Å². The Labute approximate surface area is 142 Å². The quantitative estimate of drug-likeness (QED) is 0.501.